The van der Waals surface area contributed by atoms with E-state index in [-0.39, 0.29) is 41.0 Å². The number of nitrogens with one attached hydrogen (secondary N) is 1. The summed E-state index contributed by atoms with van der Waals surface area (Å²) in [6, 6.07) is 7.45. The van der Waals surface area contributed by atoms with Gasteiger partial charge in [0.1, 0.15) is 11.9 Å². The minimum Gasteiger partial charge on any atom is -0.390 e. The van der Waals surface area contributed by atoms with Crippen LogP contribution in [0.5, 0.6) is 0 Å². The number of hydrogen-bond acceptors (Lipinski definition) is 7. The second kappa shape index (κ2) is 8.97. The van der Waals surface area contributed by atoms with Gasteiger partial charge < -0.3 is 21.1 Å². The number of aromatic nitrogens is 3. The van der Waals surface area contributed by atoms with Gasteiger partial charge in [-0.2, -0.15) is 5.26 Å². The average molecular weight is 532 g/mol. The van der Waals surface area contributed by atoms with Crippen molar-refractivity contribution in [1.82, 2.24) is 14.1 Å². The Balaban J connectivity index is 1.48. The number of nitrogens with two attached hydrogens (primary N) is 1. The van der Waals surface area contributed by atoms with Crippen molar-refractivity contribution < 1.29 is 13.9 Å². The number of alkyl halides is 2. The van der Waals surface area contributed by atoms with E-state index in [0.717, 1.165) is 18.4 Å². The number of imidazole rings is 1. The maximum atomic E-state index is 14.3. The monoisotopic (exact) mass is 531 g/mol. The fourth-order valence-corrected chi connectivity index (χ4v) is 5.07. The Morgan fingerprint density at radius 3 is 2.68 bits per heavy atom. The Labute approximate surface area is 217 Å². The number of fused-ring (bicyclic) bond motifs is 1. The third-order valence-corrected chi connectivity index (χ3v) is 7.76. The predicted octanol–water partition coefficient (Wildman–Crippen LogP) is 3.34. The molecular formula is C25H28ClF2N7O2. The minimum absolute atomic E-state index is 0.0158. The van der Waals surface area contributed by atoms with Crippen molar-refractivity contribution in [2.45, 2.75) is 50.3 Å². The molecule has 3 aromatic rings. The van der Waals surface area contributed by atoms with Crippen molar-refractivity contribution in [3.8, 4) is 6.07 Å². The average Bonchev–Trinajstić information content (AvgIpc) is 3.54. The summed E-state index contributed by atoms with van der Waals surface area (Å²) in [4.78, 5) is 19.0. The zero-order valence-corrected chi connectivity index (χ0v) is 21.3. The molecule has 1 aromatic carbocycles. The third-order valence-electron chi connectivity index (χ3n) is 7.47. The smallest absolute Gasteiger partial charge is 0.328 e. The molecule has 37 heavy (non-hydrogen) atoms. The van der Waals surface area contributed by atoms with Gasteiger partial charge in [-0.25, -0.2) is 18.6 Å². The van der Waals surface area contributed by atoms with E-state index in [0.29, 0.717) is 24.2 Å². The number of anilines is 3. The van der Waals surface area contributed by atoms with Crippen LogP contribution < -0.4 is 21.6 Å². The number of nitriles is 1. The lowest BCUT2D eigenvalue weighted by Gasteiger charge is -2.41. The molecular weight excluding hydrogens is 504 g/mol. The topological polar surface area (TPSA) is 125 Å². The highest BCUT2D eigenvalue weighted by Gasteiger charge is 2.48. The SMILES string of the molecule is C[C@@H]1CN(c2nc(Nc3ccc4c(c3)n(CCC3(O)CC3)c(=O)n4C)c(Cl)cc2C#N)C[C@H](N)C1(F)F. The molecule has 0 amide bonds. The summed E-state index contributed by atoms with van der Waals surface area (Å²) in [5, 5.41) is 23.2. The van der Waals surface area contributed by atoms with Gasteiger partial charge in [-0.1, -0.05) is 18.5 Å². The Hall–Kier alpha value is -3.20. The molecule has 2 aliphatic rings. The molecule has 2 atom stereocenters. The fraction of sp³-hybridized carbons (Fsp3) is 0.480. The van der Waals surface area contributed by atoms with E-state index in [1.165, 1.54) is 13.0 Å². The first-order valence-electron chi connectivity index (χ1n) is 12.1. The maximum absolute atomic E-state index is 14.3. The van der Waals surface area contributed by atoms with Gasteiger partial charge in [-0.05, 0) is 43.5 Å². The van der Waals surface area contributed by atoms with Crippen molar-refractivity contribution in [2.24, 2.45) is 18.7 Å². The summed E-state index contributed by atoms with van der Waals surface area (Å²) in [5.74, 6) is -3.58. The van der Waals surface area contributed by atoms with Crippen molar-refractivity contribution in [3.05, 3.63) is 45.3 Å². The Morgan fingerprint density at radius 2 is 2.03 bits per heavy atom. The van der Waals surface area contributed by atoms with Crippen molar-refractivity contribution in [2.75, 3.05) is 23.3 Å². The van der Waals surface area contributed by atoms with Crippen LogP contribution in [-0.2, 0) is 13.6 Å². The first-order chi connectivity index (χ1) is 17.4. The molecule has 2 aromatic heterocycles. The molecule has 1 saturated heterocycles. The van der Waals surface area contributed by atoms with Crippen LogP contribution >= 0.6 is 11.6 Å². The highest BCUT2D eigenvalue weighted by atomic mass is 35.5. The van der Waals surface area contributed by atoms with Crippen LogP contribution in [0.1, 0.15) is 31.7 Å². The first kappa shape index (κ1) is 25.4. The summed E-state index contributed by atoms with van der Waals surface area (Å²) in [5.41, 5.74) is 7.06. The molecule has 0 bridgehead atoms. The Kier molecular flexibility index (Phi) is 6.17. The minimum atomic E-state index is -3.02. The number of pyridine rings is 1. The van der Waals surface area contributed by atoms with Crippen LogP contribution in [0.3, 0.4) is 0 Å². The molecule has 12 heteroatoms. The Morgan fingerprint density at radius 1 is 1.30 bits per heavy atom. The van der Waals surface area contributed by atoms with Crippen LogP contribution in [0.25, 0.3) is 11.0 Å². The van der Waals surface area contributed by atoms with Gasteiger partial charge in [0.15, 0.2) is 5.82 Å². The molecule has 0 unspecified atom stereocenters. The van der Waals surface area contributed by atoms with Gasteiger partial charge in [-0.15, -0.1) is 0 Å². The lowest BCUT2D eigenvalue weighted by Crippen LogP contribution is -2.60. The van der Waals surface area contributed by atoms with E-state index >= 15 is 0 Å². The molecule has 4 N–H and O–H groups in total. The highest BCUT2D eigenvalue weighted by molar-refractivity contribution is 6.33. The lowest BCUT2D eigenvalue weighted by atomic mass is 9.91. The molecule has 1 saturated carbocycles. The number of rotatable bonds is 6. The lowest BCUT2D eigenvalue weighted by molar-refractivity contribution is -0.0807. The van der Waals surface area contributed by atoms with Crippen LogP contribution in [0.15, 0.2) is 29.1 Å². The molecule has 9 nitrogen and oxygen atoms in total. The number of hydrogen-bond donors (Lipinski definition) is 3. The van der Waals surface area contributed by atoms with Crippen molar-refractivity contribution in [3.63, 3.8) is 0 Å². The Bertz CT molecular complexity index is 1460. The first-order valence-corrected chi connectivity index (χ1v) is 12.5. The van der Waals surface area contributed by atoms with Crippen LogP contribution in [0, 0.1) is 17.2 Å². The summed E-state index contributed by atoms with van der Waals surface area (Å²) in [6.07, 6.45) is 1.97. The molecule has 0 radical (unpaired) electrons. The quantitative estimate of drug-likeness (QED) is 0.445. The summed E-state index contributed by atoms with van der Waals surface area (Å²) < 4.78 is 31.8. The molecule has 0 spiro atoms. The normalized spacial score (nSPS) is 22.2. The van der Waals surface area contributed by atoms with Crippen molar-refractivity contribution >= 4 is 40.0 Å². The number of aryl methyl sites for hydroxylation is 2. The van der Waals surface area contributed by atoms with Gasteiger partial charge in [-0.3, -0.25) is 9.13 Å². The second-order valence-corrected chi connectivity index (χ2v) is 10.6. The van der Waals surface area contributed by atoms with E-state index in [1.54, 1.807) is 39.3 Å². The molecule has 2 fully saturated rings. The molecule has 3 heterocycles. The number of halogens is 3. The van der Waals surface area contributed by atoms with Gasteiger partial charge >= 0.3 is 5.69 Å². The molecule has 1 aliphatic heterocycles. The molecule has 5 rings (SSSR count). The van der Waals surface area contributed by atoms with E-state index in [9.17, 15) is 23.9 Å². The summed E-state index contributed by atoms with van der Waals surface area (Å²) in [6.45, 7) is 1.63. The molecule has 196 valence electrons. The van der Waals surface area contributed by atoms with E-state index in [2.05, 4.69) is 10.3 Å². The number of benzene rings is 1. The van der Waals surface area contributed by atoms with Crippen molar-refractivity contribution in [1.29, 1.82) is 5.26 Å². The van der Waals surface area contributed by atoms with E-state index in [1.807, 2.05) is 6.07 Å². The van der Waals surface area contributed by atoms with Crippen LogP contribution in [0.4, 0.5) is 26.1 Å². The van der Waals surface area contributed by atoms with Gasteiger partial charge in [0.05, 0.1) is 33.3 Å². The maximum Gasteiger partial charge on any atom is 0.328 e. The largest absolute Gasteiger partial charge is 0.390 e. The predicted molar refractivity (Wildman–Crippen MR) is 138 cm³/mol. The standard InChI is InChI=1S/C25H28ClF2N7O2/c1-14-12-34(13-20(30)25(14,27)28)22-15(11-29)9-17(26)21(32-22)31-16-3-4-18-19(10-16)35(23(36)33(18)2)8-7-24(37)5-6-24/h3-4,9-10,14,20,37H,5-8,12-13,30H2,1-2H3,(H,31,32)/t14-,20+/m1/s1. The summed E-state index contributed by atoms with van der Waals surface area (Å²) >= 11 is 6.43. The van der Waals surface area contributed by atoms with Gasteiger partial charge in [0, 0.05) is 38.3 Å². The van der Waals surface area contributed by atoms with Crippen LogP contribution in [-0.4, -0.2) is 49.9 Å². The zero-order chi connectivity index (χ0) is 26.7. The van der Waals surface area contributed by atoms with E-state index < -0.39 is 23.5 Å². The summed E-state index contributed by atoms with van der Waals surface area (Å²) in [7, 11) is 1.69. The van der Waals surface area contributed by atoms with Crippen LogP contribution in [0.2, 0.25) is 5.02 Å². The zero-order valence-electron chi connectivity index (χ0n) is 20.5. The fourth-order valence-electron chi connectivity index (χ4n) is 4.87. The highest BCUT2D eigenvalue weighted by Crippen LogP contribution is 2.39. The molecule has 1 aliphatic carbocycles. The number of piperidine rings is 1. The van der Waals surface area contributed by atoms with Gasteiger partial charge in [0.2, 0.25) is 0 Å². The second-order valence-electron chi connectivity index (χ2n) is 10.2. The number of nitrogens with zero attached hydrogens (tertiary/aromatic N) is 5. The van der Waals surface area contributed by atoms with Gasteiger partial charge in [0.25, 0.3) is 5.92 Å². The van der Waals surface area contributed by atoms with E-state index in [4.69, 9.17) is 17.3 Å². The third kappa shape index (κ3) is 4.54. The number of aliphatic hydroxyl groups is 1.